The molecule has 146 valence electrons. The van der Waals surface area contributed by atoms with E-state index in [0.717, 1.165) is 11.3 Å². The van der Waals surface area contributed by atoms with Crippen LogP contribution in [-0.2, 0) is 10.9 Å². The Labute approximate surface area is 154 Å². The van der Waals surface area contributed by atoms with Crippen LogP contribution in [0.5, 0.6) is 0 Å². The van der Waals surface area contributed by atoms with Crippen LogP contribution in [0.15, 0.2) is 6.07 Å². The summed E-state index contributed by atoms with van der Waals surface area (Å²) in [5.41, 5.74) is 3.62. The van der Waals surface area contributed by atoms with E-state index in [9.17, 15) is 27.6 Å². The van der Waals surface area contributed by atoms with Crippen LogP contribution in [0, 0.1) is 6.92 Å². The SMILES string of the molecule is Cc1c(C(N)=O)sc(NC(=O)c2cc(C(F)(F)F)[nH]n2)c1C(=O)OC(C)C. The van der Waals surface area contributed by atoms with E-state index in [1.165, 1.54) is 6.92 Å². The van der Waals surface area contributed by atoms with Gasteiger partial charge in [-0.3, -0.25) is 14.7 Å². The van der Waals surface area contributed by atoms with Gasteiger partial charge in [-0.15, -0.1) is 11.3 Å². The fourth-order valence-electron chi connectivity index (χ4n) is 2.11. The number of aromatic amines is 1. The van der Waals surface area contributed by atoms with Crippen molar-refractivity contribution in [2.45, 2.75) is 33.1 Å². The molecule has 0 aliphatic heterocycles. The Morgan fingerprint density at radius 3 is 2.44 bits per heavy atom. The fourth-order valence-corrected chi connectivity index (χ4v) is 3.15. The predicted molar refractivity (Wildman–Crippen MR) is 89.7 cm³/mol. The number of carbonyl (C=O) groups excluding carboxylic acids is 3. The molecule has 2 aromatic heterocycles. The van der Waals surface area contributed by atoms with E-state index < -0.39 is 41.5 Å². The number of thiophene rings is 1. The minimum atomic E-state index is -4.70. The molecule has 0 aromatic carbocycles. The number of nitrogens with two attached hydrogens (primary N) is 1. The number of rotatable bonds is 5. The Kier molecular flexibility index (Phi) is 5.59. The molecule has 2 aromatic rings. The molecule has 0 spiro atoms. The van der Waals surface area contributed by atoms with Crippen LogP contribution in [-0.4, -0.2) is 34.1 Å². The second-order valence-electron chi connectivity index (χ2n) is 5.70. The number of aromatic nitrogens is 2. The highest BCUT2D eigenvalue weighted by molar-refractivity contribution is 7.18. The Hall–Kier alpha value is -2.89. The number of halogens is 3. The number of nitrogens with zero attached hydrogens (tertiary/aromatic N) is 1. The van der Waals surface area contributed by atoms with Gasteiger partial charge in [-0.1, -0.05) is 0 Å². The Morgan fingerprint density at radius 2 is 1.96 bits per heavy atom. The van der Waals surface area contributed by atoms with Crippen molar-refractivity contribution >= 4 is 34.1 Å². The molecule has 0 unspecified atom stereocenters. The highest BCUT2D eigenvalue weighted by Gasteiger charge is 2.34. The van der Waals surface area contributed by atoms with E-state index in [-0.39, 0.29) is 21.0 Å². The van der Waals surface area contributed by atoms with Gasteiger partial charge in [0.2, 0.25) is 0 Å². The average Bonchev–Trinajstić information content (AvgIpc) is 3.11. The second-order valence-corrected chi connectivity index (χ2v) is 6.72. The highest BCUT2D eigenvalue weighted by Crippen LogP contribution is 2.34. The van der Waals surface area contributed by atoms with Crippen LogP contribution in [0.25, 0.3) is 0 Å². The van der Waals surface area contributed by atoms with Crippen LogP contribution in [0.2, 0.25) is 0 Å². The molecule has 0 bridgehead atoms. The highest BCUT2D eigenvalue weighted by atomic mass is 32.1. The quantitative estimate of drug-likeness (QED) is 0.661. The third-order valence-electron chi connectivity index (χ3n) is 3.26. The Morgan fingerprint density at radius 1 is 1.33 bits per heavy atom. The van der Waals surface area contributed by atoms with Gasteiger partial charge in [-0.2, -0.15) is 18.3 Å². The fraction of sp³-hybridized carbons (Fsp3) is 0.333. The van der Waals surface area contributed by atoms with Gasteiger partial charge in [0, 0.05) is 6.07 Å². The minimum absolute atomic E-state index is 0.0130. The van der Waals surface area contributed by atoms with Gasteiger partial charge in [-0.25, -0.2) is 4.79 Å². The van der Waals surface area contributed by atoms with Gasteiger partial charge >= 0.3 is 12.1 Å². The van der Waals surface area contributed by atoms with Gasteiger partial charge in [0.15, 0.2) is 5.69 Å². The van der Waals surface area contributed by atoms with E-state index in [1.807, 2.05) is 0 Å². The van der Waals surface area contributed by atoms with Gasteiger partial charge < -0.3 is 15.8 Å². The smallest absolute Gasteiger partial charge is 0.432 e. The van der Waals surface area contributed by atoms with Crippen molar-refractivity contribution in [2.24, 2.45) is 5.73 Å². The normalized spacial score (nSPS) is 11.5. The number of hydrogen-bond donors (Lipinski definition) is 3. The molecule has 0 radical (unpaired) electrons. The molecule has 2 rings (SSSR count). The lowest BCUT2D eigenvalue weighted by atomic mass is 10.1. The first-order valence-electron chi connectivity index (χ1n) is 7.50. The Balaban J connectivity index is 2.38. The maximum Gasteiger partial charge on any atom is 0.432 e. The number of nitrogens with one attached hydrogen (secondary N) is 2. The van der Waals surface area contributed by atoms with Crippen molar-refractivity contribution < 1.29 is 32.3 Å². The van der Waals surface area contributed by atoms with E-state index in [4.69, 9.17) is 10.5 Å². The molecule has 0 saturated carbocycles. The maximum atomic E-state index is 12.6. The van der Waals surface area contributed by atoms with Crippen LogP contribution >= 0.6 is 11.3 Å². The number of primary amides is 1. The van der Waals surface area contributed by atoms with Crippen molar-refractivity contribution in [1.82, 2.24) is 10.2 Å². The number of carbonyl (C=O) groups is 3. The molecule has 0 fully saturated rings. The topological polar surface area (TPSA) is 127 Å². The molecular formula is C15H15F3N4O4S. The van der Waals surface area contributed by atoms with Crippen molar-refractivity contribution in [1.29, 1.82) is 0 Å². The number of esters is 1. The van der Waals surface area contributed by atoms with Crippen molar-refractivity contribution in [3.8, 4) is 0 Å². The number of hydrogen-bond acceptors (Lipinski definition) is 6. The molecule has 0 saturated heterocycles. The second kappa shape index (κ2) is 7.39. The van der Waals surface area contributed by atoms with Crippen LogP contribution in [0.3, 0.4) is 0 Å². The van der Waals surface area contributed by atoms with Crippen LogP contribution < -0.4 is 11.1 Å². The summed E-state index contributed by atoms with van der Waals surface area (Å²) in [6.07, 6.45) is -5.17. The Bertz CT molecular complexity index is 901. The van der Waals surface area contributed by atoms with Crippen molar-refractivity contribution in [3.05, 3.63) is 33.5 Å². The van der Waals surface area contributed by atoms with Crippen molar-refractivity contribution in [3.63, 3.8) is 0 Å². The number of ether oxygens (including phenoxy) is 1. The molecule has 2 heterocycles. The summed E-state index contributed by atoms with van der Waals surface area (Å²) in [4.78, 5) is 36.1. The summed E-state index contributed by atoms with van der Waals surface area (Å²) in [5.74, 6) is -2.63. The number of H-pyrrole nitrogens is 1. The van der Waals surface area contributed by atoms with Gasteiger partial charge in [0.25, 0.3) is 11.8 Å². The first-order valence-corrected chi connectivity index (χ1v) is 8.31. The minimum Gasteiger partial charge on any atom is -0.459 e. The summed E-state index contributed by atoms with van der Waals surface area (Å²) in [6.45, 7) is 4.66. The summed E-state index contributed by atoms with van der Waals surface area (Å²) in [6, 6.07) is 0.525. The van der Waals surface area contributed by atoms with E-state index in [2.05, 4.69) is 10.4 Å². The monoisotopic (exact) mass is 404 g/mol. The lowest BCUT2D eigenvalue weighted by Gasteiger charge is -2.10. The third-order valence-corrected chi connectivity index (χ3v) is 4.48. The molecule has 0 aliphatic carbocycles. The summed E-state index contributed by atoms with van der Waals surface area (Å²) >= 11 is 0.717. The summed E-state index contributed by atoms with van der Waals surface area (Å²) in [5, 5.41) is 7.23. The molecule has 2 amide bonds. The molecule has 27 heavy (non-hydrogen) atoms. The van der Waals surface area contributed by atoms with Gasteiger partial charge in [0.1, 0.15) is 10.7 Å². The van der Waals surface area contributed by atoms with Crippen molar-refractivity contribution in [2.75, 3.05) is 5.32 Å². The molecule has 0 aliphatic rings. The first kappa shape index (κ1) is 20.4. The lowest BCUT2D eigenvalue weighted by molar-refractivity contribution is -0.141. The predicted octanol–water partition coefficient (Wildman–Crippen LogP) is 2.71. The largest absolute Gasteiger partial charge is 0.459 e. The molecular weight excluding hydrogens is 389 g/mol. The summed E-state index contributed by atoms with van der Waals surface area (Å²) in [7, 11) is 0. The molecule has 8 nitrogen and oxygen atoms in total. The zero-order chi connectivity index (χ0) is 20.5. The molecule has 4 N–H and O–H groups in total. The van der Waals surface area contributed by atoms with Gasteiger partial charge in [0.05, 0.1) is 16.5 Å². The van der Waals surface area contributed by atoms with E-state index in [0.29, 0.717) is 6.07 Å². The van der Waals surface area contributed by atoms with Crippen LogP contribution in [0.4, 0.5) is 18.2 Å². The summed E-state index contributed by atoms with van der Waals surface area (Å²) < 4.78 is 42.9. The third kappa shape index (κ3) is 4.45. The zero-order valence-corrected chi connectivity index (χ0v) is 15.2. The average molecular weight is 404 g/mol. The number of amides is 2. The molecule has 12 heteroatoms. The van der Waals surface area contributed by atoms with Gasteiger partial charge in [-0.05, 0) is 26.3 Å². The number of alkyl halides is 3. The zero-order valence-electron chi connectivity index (χ0n) is 14.4. The maximum absolute atomic E-state index is 12.6. The lowest BCUT2D eigenvalue weighted by Crippen LogP contribution is -2.17. The number of anilines is 1. The van der Waals surface area contributed by atoms with E-state index >= 15 is 0 Å². The first-order chi connectivity index (χ1) is 12.4. The molecule has 0 atom stereocenters. The van der Waals surface area contributed by atoms with Crippen LogP contribution in [0.1, 0.15) is 55.6 Å². The van der Waals surface area contributed by atoms with E-state index in [1.54, 1.807) is 18.9 Å². The standard InChI is InChI=1S/C15H15F3N4O4S/c1-5(2)26-14(25)9-6(3)10(11(19)23)27-13(9)20-12(24)7-4-8(22-21-7)15(16,17)18/h4-5H,1-3H3,(H2,19,23)(H,20,24)(H,21,22).